The Morgan fingerprint density at radius 3 is 2.70 bits per heavy atom. The lowest BCUT2D eigenvalue weighted by Gasteiger charge is -2.18. The minimum atomic E-state index is -0.442. The predicted octanol–water partition coefficient (Wildman–Crippen LogP) is 2.79. The van der Waals surface area contributed by atoms with E-state index < -0.39 is 11.9 Å². The molecule has 9 heteroatoms. The van der Waals surface area contributed by atoms with Gasteiger partial charge in [-0.25, -0.2) is 0 Å². The third-order valence-corrected chi connectivity index (χ3v) is 5.51. The fraction of sp³-hybridized carbons (Fsp3) is 0.286. The molecule has 8 nitrogen and oxygen atoms in total. The van der Waals surface area contributed by atoms with Crippen molar-refractivity contribution in [3.05, 3.63) is 46.8 Å². The first-order valence-corrected chi connectivity index (χ1v) is 10.2. The molecule has 0 bridgehead atoms. The van der Waals surface area contributed by atoms with Crippen LogP contribution in [0.25, 0.3) is 10.2 Å². The van der Waals surface area contributed by atoms with E-state index in [-0.39, 0.29) is 6.54 Å². The molecule has 0 N–H and O–H groups in total. The number of carbonyl (C=O) groups is 2. The second-order valence-electron chi connectivity index (χ2n) is 6.38. The van der Waals surface area contributed by atoms with Crippen LogP contribution in [0.15, 0.2) is 41.4 Å². The van der Waals surface area contributed by atoms with E-state index in [1.807, 2.05) is 25.1 Å². The zero-order chi connectivity index (χ0) is 21.1. The summed E-state index contributed by atoms with van der Waals surface area (Å²) in [6.07, 6.45) is 0. The summed E-state index contributed by atoms with van der Waals surface area (Å²) in [5.74, 6) is 0.950. The average Bonchev–Trinajstić information content (AvgIpc) is 3.09. The number of ether oxygens (including phenoxy) is 4. The summed E-state index contributed by atoms with van der Waals surface area (Å²) in [4.78, 5) is 29.5. The standard InChI is InChI=1S/C21H20N2O6S/c1-3-27-14-5-6-15-18(11-14)30-21(23(15)12-19(24)26-2)22-20(25)13-4-7-16-17(10-13)29-9-8-28-16/h4-7,10-11H,3,8-9,12H2,1-2H3. The van der Waals surface area contributed by atoms with E-state index in [0.29, 0.717) is 47.4 Å². The molecule has 0 spiro atoms. The van der Waals surface area contributed by atoms with Crippen molar-refractivity contribution in [3.8, 4) is 17.2 Å². The lowest BCUT2D eigenvalue weighted by Crippen LogP contribution is -2.22. The molecule has 1 aliphatic rings. The molecule has 0 atom stereocenters. The van der Waals surface area contributed by atoms with Gasteiger partial charge < -0.3 is 23.5 Å². The lowest BCUT2D eigenvalue weighted by molar-refractivity contribution is -0.141. The third kappa shape index (κ3) is 4.02. The number of hydrogen-bond acceptors (Lipinski definition) is 7. The number of rotatable bonds is 5. The van der Waals surface area contributed by atoms with Gasteiger partial charge in [0.25, 0.3) is 5.91 Å². The number of benzene rings is 2. The highest BCUT2D eigenvalue weighted by Gasteiger charge is 2.16. The fourth-order valence-corrected chi connectivity index (χ4v) is 4.13. The molecule has 4 rings (SSSR count). The number of hydrogen-bond donors (Lipinski definition) is 0. The van der Waals surface area contributed by atoms with E-state index in [0.717, 1.165) is 10.2 Å². The minimum absolute atomic E-state index is 0.0578. The summed E-state index contributed by atoms with van der Waals surface area (Å²) >= 11 is 1.30. The number of fused-ring (bicyclic) bond motifs is 2. The molecule has 1 aromatic heterocycles. The molecule has 0 unspecified atom stereocenters. The molecule has 0 saturated heterocycles. The van der Waals surface area contributed by atoms with Gasteiger partial charge >= 0.3 is 5.97 Å². The maximum absolute atomic E-state index is 12.8. The molecule has 3 aromatic rings. The van der Waals surface area contributed by atoms with Crippen LogP contribution in [0.3, 0.4) is 0 Å². The summed E-state index contributed by atoms with van der Waals surface area (Å²) in [5.41, 5.74) is 1.14. The number of esters is 1. The Kier molecular flexibility index (Phi) is 5.71. The van der Waals surface area contributed by atoms with Crippen LogP contribution in [0.1, 0.15) is 17.3 Å². The van der Waals surface area contributed by atoms with Crippen LogP contribution in [-0.2, 0) is 16.1 Å². The highest BCUT2D eigenvalue weighted by molar-refractivity contribution is 7.16. The maximum Gasteiger partial charge on any atom is 0.325 e. The Hall–Kier alpha value is -3.33. The molecule has 0 fully saturated rings. The van der Waals surface area contributed by atoms with Crippen molar-refractivity contribution in [2.75, 3.05) is 26.9 Å². The number of carbonyl (C=O) groups excluding carboxylic acids is 2. The SMILES string of the molecule is CCOc1ccc2c(c1)sc(=NC(=O)c1ccc3c(c1)OCCO3)n2CC(=O)OC. The van der Waals surface area contributed by atoms with Gasteiger partial charge in [-0.1, -0.05) is 11.3 Å². The number of methoxy groups -OCH3 is 1. The lowest BCUT2D eigenvalue weighted by atomic mass is 10.2. The highest BCUT2D eigenvalue weighted by atomic mass is 32.1. The Labute approximate surface area is 176 Å². The first-order chi connectivity index (χ1) is 14.6. The normalized spacial score (nSPS) is 13.3. The molecule has 0 aliphatic carbocycles. The van der Waals surface area contributed by atoms with Crippen LogP contribution in [0.4, 0.5) is 0 Å². The van der Waals surface area contributed by atoms with Gasteiger partial charge in [-0.15, -0.1) is 0 Å². The van der Waals surface area contributed by atoms with E-state index in [1.165, 1.54) is 18.4 Å². The second-order valence-corrected chi connectivity index (χ2v) is 7.39. The first kappa shape index (κ1) is 20.0. The van der Waals surface area contributed by atoms with E-state index in [1.54, 1.807) is 22.8 Å². The van der Waals surface area contributed by atoms with Gasteiger partial charge in [0.1, 0.15) is 25.5 Å². The zero-order valence-electron chi connectivity index (χ0n) is 16.5. The highest BCUT2D eigenvalue weighted by Crippen LogP contribution is 2.31. The van der Waals surface area contributed by atoms with Gasteiger partial charge in [0, 0.05) is 5.56 Å². The Morgan fingerprint density at radius 1 is 1.13 bits per heavy atom. The van der Waals surface area contributed by atoms with Crippen molar-refractivity contribution < 1.29 is 28.5 Å². The van der Waals surface area contributed by atoms with Crippen LogP contribution in [-0.4, -0.2) is 43.4 Å². The molecule has 156 valence electrons. The summed E-state index contributed by atoms with van der Waals surface area (Å²) < 4.78 is 23.9. The molecule has 2 aromatic carbocycles. The van der Waals surface area contributed by atoms with E-state index in [9.17, 15) is 9.59 Å². The second kappa shape index (κ2) is 8.58. The first-order valence-electron chi connectivity index (χ1n) is 9.40. The molecule has 0 saturated carbocycles. The van der Waals surface area contributed by atoms with Gasteiger partial charge in [0.05, 0.1) is 23.9 Å². The zero-order valence-corrected chi connectivity index (χ0v) is 17.4. The predicted molar refractivity (Wildman–Crippen MR) is 110 cm³/mol. The van der Waals surface area contributed by atoms with E-state index in [4.69, 9.17) is 18.9 Å². The van der Waals surface area contributed by atoms with Crippen LogP contribution in [0, 0.1) is 0 Å². The summed E-state index contributed by atoms with van der Waals surface area (Å²) in [6.45, 7) is 3.29. The van der Waals surface area contributed by atoms with Gasteiger partial charge in [0.15, 0.2) is 16.3 Å². The van der Waals surface area contributed by atoms with Crippen LogP contribution in [0.5, 0.6) is 17.2 Å². The number of amides is 1. The topological polar surface area (TPSA) is 88.4 Å². The Balaban J connectivity index is 1.77. The summed E-state index contributed by atoms with van der Waals surface area (Å²) in [7, 11) is 1.32. The van der Waals surface area contributed by atoms with Crippen molar-refractivity contribution in [1.29, 1.82) is 0 Å². The summed E-state index contributed by atoms with van der Waals surface area (Å²) in [5, 5.41) is 0. The number of thiazole rings is 1. The smallest absolute Gasteiger partial charge is 0.325 e. The molecule has 2 heterocycles. The van der Waals surface area contributed by atoms with E-state index in [2.05, 4.69) is 4.99 Å². The number of aromatic nitrogens is 1. The Bertz CT molecular complexity index is 1180. The molecule has 30 heavy (non-hydrogen) atoms. The van der Waals surface area contributed by atoms with Crippen LogP contribution >= 0.6 is 11.3 Å². The van der Waals surface area contributed by atoms with Crippen molar-refractivity contribution >= 4 is 33.4 Å². The van der Waals surface area contributed by atoms with Crippen molar-refractivity contribution in [2.24, 2.45) is 4.99 Å². The molecule has 1 amide bonds. The Morgan fingerprint density at radius 2 is 1.93 bits per heavy atom. The molecular weight excluding hydrogens is 408 g/mol. The van der Waals surface area contributed by atoms with Gasteiger partial charge in [-0.2, -0.15) is 4.99 Å². The van der Waals surface area contributed by atoms with E-state index >= 15 is 0 Å². The van der Waals surface area contributed by atoms with Crippen LogP contribution < -0.4 is 19.0 Å². The number of nitrogens with zero attached hydrogens (tertiary/aromatic N) is 2. The summed E-state index contributed by atoms with van der Waals surface area (Å²) in [6, 6.07) is 10.5. The van der Waals surface area contributed by atoms with Gasteiger partial charge in [-0.3, -0.25) is 9.59 Å². The maximum atomic E-state index is 12.8. The van der Waals surface area contributed by atoms with Crippen LogP contribution in [0.2, 0.25) is 0 Å². The molecule has 0 radical (unpaired) electrons. The van der Waals surface area contributed by atoms with Crippen molar-refractivity contribution in [1.82, 2.24) is 4.57 Å². The van der Waals surface area contributed by atoms with Crippen molar-refractivity contribution in [3.63, 3.8) is 0 Å². The quantitative estimate of drug-likeness (QED) is 0.581. The molecule has 1 aliphatic heterocycles. The fourth-order valence-electron chi connectivity index (χ4n) is 3.07. The van der Waals surface area contributed by atoms with Gasteiger partial charge in [0.2, 0.25) is 0 Å². The van der Waals surface area contributed by atoms with Crippen molar-refractivity contribution in [2.45, 2.75) is 13.5 Å². The average molecular weight is 428 g/mol. The monoisotopic (exact) mass is 428 g/mol. The molecular formula is C21H20N2O6S. The minimum Gasteiger partial charge on any atom is -0.494 e. The third-order valence-electron chi connectivity index (χ3n) is 4.47. The largest absolute Gasteiger partial charge is 0.494 e. The van der Waals surface area contributed by atoms with Gasteiger partial charge in [-0.05, 0) is 43.3 Å².